The average Bonchev–Trinajstić information content (AvgIpc) is 2.62. The average molecular weight is 346 g/mol. The molecule has 3 rings (SSSR count). The molecule has 1 heterocycles. The molecule has 3 aromatic rings. The van der Waals surface area contributed by atoms with E-state index in [9.17, 15) is 9.59 Å². The molecule has 0 saturated heterocycles. The second-order valence-electron chi connectivity index (χ2n) is 6.50. The molecule has 0 spiro atoms. The Hall–Kier alpha value is -3.14. The minimum atomic E-state index is -0.383. The molecule has 0 fully saturated rings. The van der Waals surface area contributed by atoms with Gasteiger partial charge in [0.25, 0.3) is 11.5 Å². The third kappa shape index (κ3) is 3.59. The lowest BCUT2D eigenvalue weighted by Crippen LogP contribution is -2.29. The summed E-state index contributed by atoms with van der Waals surface area (Å²) in [5.74, 6) is -0.383. The summed E-state index contributed by atoms with van der Waals surface area (Å²) in [4.78, 5) is 25.5. The van der Waals surface area contributed by atoms with E-state index in [0.29, 0.717) is 6.54 Å². The SMILES string of the molecule is Cc1ccccc1Cn1cccc(C(=O)Nc2c(C)cccc2C)c1=O. The second kappa shape index (κ2) is 7.40. The van der Waals surface area contributed by atoms with Gasteiger partial charge in [-0.2, -0.15) is 0 Å². The van der Waals surface area contributed by atoms with E-state index in [0.717, 1.165) is 27.9 Å². The Morgan fingerprint density at radius 3 is 2.23 bits per heavy atom. The molecule has 2 aromatic carbocycles. The number of hydrogen-bond donors (Lipinski definition) is 1. The molecule has 0 radical (unpaired) electrons. The van der Waals surface area contributed by atoms with Crippen LogP contribution in [0.25, 0.3) is 0 Å². The Kier molecular flexibility index (Phi) is 5.03. The van der Waals surface area contributed by atoms with E-state index in [4.69, 9.17) is 0 Å². The largest absolute Gasteiger partial charge is 0.321 e. The normalized spacial score (nSPS) is 10.6. The van der Waals surface area contributed by atoms with E-state index in [1.807, 2.05) is 63.2 Å². The first-order valence-corrected chi connectivity index (χ1v) is 8.59. The van der Waals surface area contributed by atoms with Crippen LogP contribution in [0, 0.1) is 20.8 Å². The summed E-state index contributed by atoms with van der Waals surface area (Å²) in [5.41, 5.74) is 4.71. The van der Waals surface area contributed by atoms with Crippen LogP contribution in [-0.2, 0) is 6.54 Å². The molecule has 0 aliphatic heterocycles. The quantitative estimate of drug-likeness (QED) is 0.774. The monoisotopic (exact) mass is 346 g/mol. The second-order valence-corrected chi connectivity index (χ2v) is 6.50. The third-order valence-corrected chi connectivity index (χ3v) is 4.59. The Labute approximate surface area is 153 Å². The van der Waals surface area contributed by atoms with Gasteiger partial charge in [0.2, 0.25) is 0 Å². The fourth-order valence-corrected chi connectivity index (χ4v) is 3.00. The Bertz CT molecular complexity index is 998. The van der Waals surface area contributed by atoms with Gasteiger partial charge in [-0.05, 0) is 55.2 Å². The molecule has 0 unspecified atom stereocenters. The number of hydrogen-bond acceptors (Lipinski definition) is 2. The number of nitrogens with one attached hydrogen (secondary N) is 1. The van der Waals surface area contributed by atoms with E-state index in [-0.39, 0.29) is 17.0 Å². The van der Waals surface area contributed by atoms with Crippen LogP contribution < -0.4 is 10.9 Å². The highest BCUT2D eigenvalue weighted by Gasteiger charge is 2.14. The van der Waals surface area contributed by atoms with Gasteiger partial charge >= 0.3 is 0 Å². The van der Waals surface area contributed by atoms with E-state index < -0.39 is 0 Å². The van der Waals surface area contributed by atoms with Gasteiger partial charge in [0.05, 0.1) is 6.54 Å². The summed E-state index contributed by atoms with van der Waals surface area (Å²) in [5, 5.41) is 2.89. The van der Waals surface area contributed by atoms with Crippen molar-refractivity contribution in [2.24, 2.45) is 0 Å². The minimum Gasteiger partial charge on any atom is -0.321 e. The number of aryl methyl sites for hydroxylation is 3. The Morgan fingerprint density at radius 2 is 1.54 bits per heavy atom. The first-order chi connectivity index (χ1) is 12.5. The maximum absolute atomic E-state index is 12.8. The molecule has 1 aromatic heterocycles. The Morgan fingerprint density at radius 1 is 0.885 bits per heavy atom. The van der Waals surface area contributed by atoms with Crippen molar-refractivity contribution in [2.45, 2.75) is 27.3 Å². The van der Waals surface area contributed by atoms with Gasteiger partial charge in [-0.25, -0.2) is 0 Å². The van der Waals surface area contributed by atoms with E-state index in [1.165, 1.54) is 0 Å². The van der Waals surface area contributed by atoms with Gasteiger partial charge in [0.15, 0.2) is 0 Å². The zero-order valence-corrected chi connectivity index (χ0v) is 15.2. The van der Waals surface area contributed by atoms with Crippen LogP contribution in [0.5, 0.6) is 0 Å². The topological polar surface area (TPSA) is 51.1 Å². The first-order valence-electron chi connectivity index (χ1n) is 8.59. The molecule has 0 aliphatic carbocycles. The zero-order valence-electron chi connectivity index (χ0n) is 15.2. The van der Waals surface area contributed by atoms with Crippen LogP contribution in [0.4, 0.5) is 5.69 Å². The predicted molar refractivity (Wildman–Crippen MR) is 105 cm³/mol. The zero-order chi connectivity index (χ0) is 18.7. The molecule has 4 heteroatoms. The van der Waals surface area contributed by atoms with Crippen molar-refractivity contribution < 1.29 is 4.79 Å². The molecular weight excluding hydrogens is 324 g/mol. The lowest BCUT2D eigenvalue weighted by Gasteiger charge is -2.13. The number of carbonyl (C=O) groups is 1. The van der Waals surface area contributed by atoms with Crippen molar-refractivity contribution in [2.75, 3.05) is 5.32 Å². The third-order valence-electron chi connectivity index (χ3n) is 4.59. The fraction of sp³-hybridized carbons (Fsp3) is 0.182. The van der Waals surface area contributed by atoms with Gasteiger partial charge < -0.3 is 9.88 Å². The summed E-state index contributed by atoms with van der Waals surface area (Å²) in [7, 11) is 0. The van der Waals surface area contributed by atoms with Crippen molar-refractivity contribution in [3.8, 4) is 0 Å². The molecule has 26 heavy (non-hydrogen) atoms. The van der Waals surface area contributed by atoms with Gasteiger partial charge in [-0.3, -0.25) is 9.59 Å². The number of carbonyl (C=O) groups excluding carboxylic acids is 1. The number of amides is 1. The summed E-state index contributed by atoms with van der Waals surface area (Å²) in [6.07, 6.45) is 1.71. The van der Waals surface area contributed by atoms with Crippen LogP contribution in [0.15, 0.2) is 65.6 Å². The number of benzene rings is 2. The molecule has 0 atom stereocenters. The van der Waals surface area contributed by atoms with Crippen molar-refractivity contribution in [3.05, 3.63) is 99.0 Å². The van der Waals surface area contributed by atoms with Crippen molar-refractivity contribution in [1.82, 2.24) is 4.57 Å². The number of nitrogens with zero attached hydrogens (tertiary/aromatic N) is 1. The number of pyridine rings is 1. The highest BCUT2D eigenvalue weighted by Crippen LogP contribution is 2.20. The molecular formula is C22H22N2O2. The summed E-state index contributed by atoms with van der Waals surface area (Å²) >= 11 is 0. The molecule has 0 saturated carbocycles. The van der Waals surface area contributed by atoms with Crippen molar-refractivity contribution in [1.29, 1.82) is 0 Å². The van der Waals surface area contributed by atoms with Gasteiger partial charge in [0, 0.05) is 11.9 Å². The molecule has 1 N–H and O–H groups in total. The molecule has 0 bridgehead atoms. The number of rotatable bonds is 4. The fourth-order valence-electron chi connectivity index (χ4n) is 3.00. The number of para-hydroxylation sites is 1. The summed E-state index contributed by atoms with van der Waals surface area (Å²) in [6, 6.07) is 17.0. The Balaban J connectivity index is 1.91. The lowest BCUT2D eigenvalue weighted by atomic mass is 10.1. The van der Waals surface area contributed by atoms with E-state index in [1.54, 1.807) is 22.9 Å². The van der Waals surface area contributed by atoms with E-state index in [2.05, 4.69) is 5.32 Å². The number of anilines is 1. The predicted octanol–water partition coefficient (Wildman–Crippen LogP) is 4.07. The smallest absolute Gasteiger partial charge is 0.263 e. The van der Waals surface area contributed by atoms with Crippen LogP contribution in [0.1, 0.15) is 32.6 Å². The molecule has 0 aliphatic rings. The first kappa shape index (κ1) is 17.7. The summed E-state index contributed by atoms with van der Waals surface area (Å²) in [6.45, 7) is 6.32. The summed E-state index contributed by atoms with van der Waals surface area (Å²) < 4.78 is 1.57. The lowest BCUT2D eigenvalue weighted by molar-refractivity contribution is 0.102. The molecule has 132 valence electrons. The standard InChI is InChI=1S/C22H22N2O2/c1-15-8-4-5-11-18(15)14-24-13-7-12-19(22(24)26)21(25)23-20-16(2)9-6-10-17(20)3/h4-13H,14H2,1-3H3,(H,23,25). The highest BCUT2D eigenvalue weighted by atomic mass is 16.2. The van der Waals surface area contributed by atoms with Gasteiger partial charge in [-0.1, -0.05) is 42.5 Å². The van der Waals surface area contributed by atoms with E-state index >= 15 is 0 Å². The van der Waals surface area contributed by atoms with Crippen LogP contribution in [0.2, 0.25) is 0 Å². The maximum atomic E-state index is 12.8. The van der Waals surface area contributed by atoms with Crippen molar-refractivity contribution >= 4 is 11.6 Å². The van der Waals surface area contributed by atoms with Crippen LogP contribution >= 0.6 is 0 Å². The maximum Gasteiger partial charge on any atom is 0.263 e. The molecule has 4 nitrogen and oxygen atoms in total. The van der Waals surface area contributed by atoms with Crippen LogP contribution in [-0.4, -0.2) is 10.5 Å². The highest BCUT2D eigenvalue weighted by molar-refractivity contribution is 6.04. The number of aromatic nitrogens is 1. The van der Waals surface area contributed by atoms with Gasteiger partial charge in [0.1, 0.15) is 5.56 Å². The van der Waals surface area contributed by atoms with Crippen molar-refractivity contribution in [3.63, 3.8) is 0 Å². The molecule has 1 amide bonds. The van der Waals surface area contributed by atoms with Crippen LogP contribution in [0.3, 0.4) is 0 Å². The minimum absolute atomic E-state index is 0.142. The van der Waals surface area contributed by atoms with Gasteiger partial charge in [-0.15, -0.1) is 0 Å².